The van der Waals surface area contributed by atoms with Gasteiger partial charge in [0.2, 0.25) is 5.91 Å². The van der Waals surface area contributed by atoms with Crippen LogP contribution in [0.3, 0.4) is 0 Å². The maximum absolute atomic E-state index is 11.4. The summed E-state index contributed by atoms with van der Waals surface area (Å²) in [4.78, 5) is 22.0. The Labute approximate surface area is 136 Å². The first kappa shape index (κ1) is 16.3. The molecule has 7 nitrogen and oxygen atoms in total. The van der Waals surface area contributed by atoms with Crippen LogP contribution in [-0.2, 0) is 11.3 Å². The van der Waals surface area contributed by atoms with Crippen molar-refractivity contribution in [3.05, 3.63) is 29.3 Å². The summed E-state index contributed by atoms with van der Waals surface area (Å²) in [5, 5.41) is 11.4. The van der Waals surface area contributed by atoms with E-state index in [9.17, 15) is 9.59 Å². The molecule has 9 heteroatoms. The normalized spacial score (nSPS) is 10.5. The van der Waals surface area contributed by atoms with Crippen molar-refractivity contribution in [3.63, 3.8) is 0 Å². The second-order valence-corrected chi connectivity index (χ2v) is 5.64. The second-order valence-electron chi connectivity index (χ2n) is 4.26. The maximum Gasteiger partial charge on any atom is 0.318 e. The van der Waals surface area contributed by atoms with E-state index in [0.29, 0.717) is 22.5 Å². The fourth-order valence-corrected chi connectivity index (χ4v) is 2.82. The van der Waals surface area contributed by atoms with E-state index in [2.05, 4.69) is 10.2 Å². The van der Waals surface area contributed by atoms with Gasteiger partial charge in [-0.3, -0.25) is 10.1 Å². The van der Waals surface area contributed by atoms with Gasteiger partial charge in [0.15, 0.2) is 11.0 Å². The number of rotatable bonds is 5. The van der Waals surface area contributed by atoms with Gasteiger partial charge in [-0.1, -0.05) is 35.5 Å². The topological polar surface area (TPSA) is 103 Å². The molecule has 3 amide bonds. The van der Waals surface area contributed by atoms with E-state index >= 15 is 0 Å². The SMILES string of the molecule is CCn1c(SCC(=O)NC(N)=O)nnc1-c1cccc(Cl)c1. The van der Waals surface area contributed by atoms with Gasteiger partial charge in [-0.05, 0) is 19.1 Å². The third kappa shape index (κ3) is 3.99. The lowest BCUT2D eigenvalue weighted by atomic mass is 10.2. The van der Waals surface area contributed by atoms with Gasteiger partial charge < -0.3 is 10.3 Å². The van der Waals surface area contributed by atoms with Crippen molar-refractivity contribution in [3.8, 4) is 11.4 Å². The summed E-state index contributed by atoms with van der Waals surface area (Å²) < 4.78 is 1.87. The molecule has 0 spiro atoms. The van der Waals surface area contributed by atoms with Gasteiger partial charge >= 0.3 is 6.03 Å². The lowest BCUT2D eigenvalue weighted by Crippen LogP contribution is -2.36. The average molecular weight is 340 g/mol. The third-order valence-corrected chi connectivity index (χ3v) is 3.91. The van der Waals surface area contributed by atoms with Gasteiger partial charge in [0.1, 0.15) is 0 Å². The first-order valence-electron chi connectivity index (χ1n) is 6.42. The summed E-state index contributed by atoms with van der Waals surface area (Å²) >= 11 is 7.17. The highest BCUT2D eigenvalue weighted by Crippen LogP contribution is 2.25. The number of imide groups is 1. The van der Waals surface area contributed by atoms with Crippen LogP contribution in [0.1, 0.15) is 6.92 Å². The van der Waals surface area contributed by atoms with Crippen LogP contribution in [0, 0.1) is 0 Å². The molecule has 2 rings (SSSR count). The lowest BCUT2D eigenvalue weighted by Gasteiger charge is -2.07. The van der Waals surface area contributed by atoms with Crippen molar-refractivity contribution in [2.24, 2.45) is 5.73 Å². The van der Waals surface area contributed by atoms with Crippen molar-refractivity contribution in [1.29, 1.82) is 0 Å². The van der Waals surface area contributed by atoms with Gasteiger partial charge in [0, 0.05) is 17.1 Å². The number of aromatic nitrogens is 3. The van der Waals surface area contributed by atoms with Crippen molar-refractivity contribution in [2.45, 2.75) is 18.6 Å². The summed E-state index contributed by atoms with van der Waals surface area (Å²) in [5.74, 6) is 0.214. The molecular formula is C13H14ClN5O2S. The fourth-order valence-electron chi connectivity index (χ4n) is 1.83. The Morgan fingerprint density at radius 2 is 2.18 bits per heavy atom. The quantitative estimate of drug-likeness (QED) is 0.810. The first-order valence-corrected chi connectivity index (χ1v) is 7.78. The summed E-state index contributed by atoms with van der Waals surface area (Å²) in [7, 11) is 0. The molecule has 0 saturated carbocycles. The summed E-state index contributed by atoms with van der Waals surface area (Å²) in [6.07, 6.45) is 0. The fraction of sp³-hybridized carbons (Fsp3) is 0.231. The summed E-state index contributed by atoms with van der Waals surface area (Å²) in [6.45, 7) is 2.58. The monoisotopic (exact) mass is 339 g/mol. The molecule has 0 atom stereocenters. The van der Waals surface area contributed by atoms with E-state index in [1.807, 2.05) is 28.9 Å². The van der Waals surface area contributed by atoms with Crippen LogP contribution in [0.2, 0.25) is 5.02 Å². The molecule has 0 bridgehead atoms. The van der Waals surface area contributed by atoms with Gasteiger partial charge in [0.05, 0.1) is 5.75 Å². The Kier molecular flexibility index (Phi) is 5.40. The first-order chi connectivity index (χ1) is 10.5. The van der Waals surface area contributed by atoms with Crippen molar-refractivity contribution < 1.29 is 9.59 Å². The third-order valence-electron chi connectivity index (χ3n) is 2.71. The zero-order valence-corrected chi connectivity index (χ0v) is 13.3. The minimum Gasteiger partial charge on any atom is -0.351 e. The number of thioether (sulfide) groups is 1. The van der Waals surface area contributed by atoms with Crippen LogP contribution in [-0.4, -0.2) is 32.5 Å². The van der Waals surface area contributed by atoms with Crippen LogP contribution in [0.15, 0.2) is 29.4 Å². The van der Waals surface area contributed by atoms with Crippen molar-refractivity contribution in [1.82, 2.24) is 20.1 Å². The molecule has 1 heterocycles. The Hall–Kier alpha value is -2.06. The van der Waals surface area contributed by atoms with Crippen molar-refractivity contribution >= 4 is 35.3 Å². The minimum atomic E-state index is -0.873. The Balaban J connectivity index is 2.17. The summed E-state index contributed by atoms with van der Waals surface area (Å²) in [5.41, 5.74) is 5.73. The minimum absolute atomic E-state index is 0.0244. The van der Waals surface area contributed by atoms with Crippen LogP contribution in [0.5, 0.6) is 0 Å². The van der Waals surface area contributed by atoms with Crippen LogP contribution in [0.4, 0.5) is 4.79 Å². The van der Waals surface area contributed by atoms with Gasteiger partial charge in [0.25, 0.3) is 0 Å². The molecule has 0 aliphatic heterocycles. The zero-order valence-electron chi connectivity index (χ0n) is 11.7. The maximum atomic E-state index is 11.4. The number of carbonyl (C=O) groups is 2. The van der Waals surface area contributed by atoms with Gasteiger partial charge in [-0.25, -0.2) is 4.79 Å². The van der Waals surface area contributed by atoms with Crippen LogP contribution >= 0.6 is 23.4 Å². The second kappa shape index (κ2) is 7.28. The summed E-state index contributed by atoms with van der Waals surface area (Å²) in [6, 6.07) is 6.42. The van der Waals surface area contributed by atoms with Gasteiger partial charge in [-0.2, -0.15) is 0 Å². The standard InChI is InChI=1S/C13H14ClN5O2S/c1-2-19-11(8-4-3-5-9(14)6-8)17-18-13(19)22-7-10(20)16-12(15)21/h3-6H,2,7H2,1H3,(H3,15,16,20,21). The van der Waals surface area contributed by atoms with E-state index in [0.717, 1.165) is 5.56 Å². The molecule has 0 fully saturated rings. The number of primary amides is 1. The van der Waals surface area contributed by atoms with E-state index in [-0.39, 0.29) is 5.75 Å². The molecular weight excluding hydrogens is 326 g/mol. The zero-order chi connectivity index (χ0) is 16.1. The molecule has 0 unspecified atom stereocenters. The highest BCUT2D eigenvalue weighted by molar-refractivity contribution is 7.99. The van der Waals surface area contributed by atoms with Crippen LogP contribution < -0.4 is 11.1 Å². The predicted octanol–water partition coefficient (Wildman–Crippen LogP) is 1.91. The molecule has 0 aliphatic carbocycles. The van der Waals surface area contributed by atoms with Crippen LogP contribution in [0.25, 0.3) is 11.4 Å². The Morgan fingerprint density at radius 3 is 2.82 bits per heavy atom. The molecule has 2 aromatic rings. The number of nitrogens with one attached hydrogen (secondary N) is 1. The van der Waals surface area contributed by atoms with E-state index in [4.69, 9.17) is 17.3 Å². The molecule has 1 aromatic heterocycles. The average Bonchev–Trinajstić information content (AvgIpc) is 2.87. The number of nitrogens with zero attached hydrogens (tertiary/aromatic N) is 3. The highest BCUT2D eigenvalue weighted by Gasteiger charge is 2.15. The Morgan fingerprint density at radius 1 is 1.41 bits per heavy atom. The number of hydrogen-bond acceptors (Lipinski definition) is 5. The van der Waals surface area contributed by atoms with E-state index < -0.39 is 11.9 Å². The molecule has 0 aliphatic rings. The van der Waals surface area contributed by atoms with Gasteiger partial charge in [-0.15, -0.1) is 10.2 Å². The number of nitrogens with two attached hydrogens (primary N) is 1. The molecule has 3 N–H and O–H groups in total. The number of urea groups is 1. The molecule has 116 valence electrons. The largest absolute Gasteiger partial charge is 0.351 e. The number of benzene rings is 1. The van der Waals surface area contributed by atoms with Crippen molar-refractivity contribution in [2.75, 3.05) is 5.75 Å². The number of halogens is 1. The van der Waals surface area contributed by atoms with E-state index in [1.165, 1.54) is 11.8 Å². The lowest BCUT2D eigenvalue weighted by molar-refractivity contribution is -0.117. The molecule has 0 radical (unpaired) electrons. The Bertz CT molecular complexity index is 703. The number of hydrogen-bond donors (Lipinski definition) is 2. The smallest absolute Gasteiger partial charge is 0.318 e. The molecule has 0 saturated heterocycles. The molecule has 22 heavy (non-hydrogen) atoms. The molecule has 1 aromatic carbocycles. The van der Waals surface area contributed by atoms with E-state index in [1.54, 1.807) is 12.1 Å². The number of carbonyl (C=O) groups excluding carboxylic acids is 2. The number of amides is 3. The predicted molar refractivity (Wildman–Crippen MR) is 84.6 cm³/mol. The highest BCUT2D eigenvalue weighted by atomic mass is 35.5.